The Hall–Kier alpha value is -1.62. The Morgan fingerprint density at radius 1 is 1.44 bits per heavy atom. The molecular weight excluding hydrogens is 261 g/mol. The minimum atomic E-state index is -1.08. The summed E-state index contributed by atoms with van der Waals surface area (Å²) in [4.78, 5) is 24.3. The molecule has 6 heteroatoms. The van der Waals surface area contributed by atoms with Gasteiger partial charge in [0.05, 0.1) is 10.6 Å². The Balaban J connectivity index is 2.34. The lowest BCUT2D eigenvalue weighted by Crippen LogP contribution is -2.40. The molecule has 0 spiro atoms. The number of likely N-dealkylation sites (tertiary alicyclic amines) is 1. The van der Waals surface area contributed by atoms with Crippen LogP contribution in [0, 0.1) is 5.82 Å². The van der Waals surface area contributed by atoms with Gasteiger partial charge < -0.3 is 10.0 Å². The Kier molecular flexibility index (Phi) is 3.52. The van der Waals surface area contributed by atoms with Crippen LogP contribution in [0.15, 0.2) is 18.2 Å². The number of halogens is 2. The molecule has 1 saturated heterocycles. The van der Waals surface area contributed by atoms with Crippen LogP contribution in [0.2, 0.25) is 5.02 Å². The average molecular weight is 272 g/mol. The summed E-state index contributed by atoms with van der Waals surface area (Å²) in [5.41, 5.74) is -0.257. The molecule has 1 fully saturated rings. The molecule has 0 aromatic heterocycles. The van der Waals surface area contributed by atoms with E-state index in [1.807, 2.05) is 0 Å². The molecule has 1 aliphatic heterocycles. The number of hydrogen-bond donors (Lipinski definition) is 1. The van der Waals surface area contributed by atoms with E-state index in [4.69, 9.17) is 16.7 Å². The lowest BCUT2D eigenvalue weighted by molar-refractivity contribution is -0.141. The summed E-state index contributed by atoms with van der Waals surface area (Å²) in [5, 5.41) is 8.99. The monoisotopic (exact) mass is 271 g/mol. The summed E-state index contributed by atoms with van der Waals surface area (Å²) in [6.07, 6.45) is 0.974. The van der Waals surface area contributed by atoms with Crippen LogP contribution < -0.4 is 0 Å². The van der Waals surface area contributed by atoms with Crippen LogP contribution in [0.3, 0.4) is 0 Å². The number of carbonyl (C=O) groups is 2. The molecule has 0 aliphatic carbocycles. The van der Waals surface area contributed by atoms with Gasteiger partial charge in [-0.1, -0.05) is 17.7 Å². The zero-order valence-electron chi connectivity index (χ0n) is 9.40. The first-order valence-corrected chi connectivity index (χ1v) is 5.88. The van der Waals surface area contributed by atoms with E-state index < -0.39 is 23.7 Å². The number of benzene rings is 1. The molecule has 2 rings (SSSR count). The van der Waals surface area contributed by atoms with E-state index >= 15 is 0 Å². The van der Waals surface area contributed by atoms with Crippen LogP contribution in [0.4, 0.5) is 4.39 Å². The number of hydrogen-bond acceptors (Lipinski definition) is 2. The van der Waals surface area contributed by atoms with Gasteiger partial charge in [-0.15, -0.1) is 0 Å². The molecule has 0 bridgehead atoms. The van der Waals surface area contributed by atoms with Crippen LogP contribution in [0.25, 0.3) is 0 Å². The van der Waals surface area contributed by atoms with Gasteiger partial charge in [0.1, 0.15) is 11.9 Å². The van der Waals surface area contributed by atoms with E-state index in [0.29, 0.717) is 19.4 Å². The number of carboxylic acids is 1. The summed E-state index contributed by atoms with van der Waals surface area (Å²) < 4.78 is 13.6. The molecule has 1 N–H and O–H groups in total. The Bertz CT molecular complexity index is 486. The second-order valence-corrected chi connectivity index (χ2v) is 4.50. The van der Waals surface area contributed by atoms with Crippen molar-refractivity contribution in [3.05, 3.63) is 34.6 Å². The van der Waals surface area contributed by atoms with Gasteiger partial charge in [0.25, 0.3) is 5.91 Å². The lowest BCUT2D eigenvalue weighted by Gasteiger charge is -2.22. The first kappa shape index (κ1) is 12.8. The highest BCUT2D eigenvalue weighted by Gasteiger charge is 2.36. The Morgan fingerprint density at radius 3 is 2.78 bits per heavy atom. The van der Waals surface area contributed by atoms with Crippen molar-refractivity contribution in [2.24, 2.45) is 0 Å². The summed E-state index contributed by atoms with van der Waals surface area (Å²) in [6.45, 7) is 0.306. The highest BCUT2D eigenvalue weighted by Crippen LogP contribution is 2.25. The fraction of sp³-hybridized carbons (Fsp3) is 0.333. The molecule has 96 valence electrons. The third kappa shape index (κ3) is 2.18. The van der Waals surface area contributed by atoms with Gasteiger partial charge in [0.2, 0.25) is 0 Å². The van der Waals surface area contributed by atoms with E-state index in [0.717, 1.165) is 11.0 Å². The van der Waals surface area contributed by atoms with Gasteiger partial charge in [0, 0.05) is 6.54 Å². The zero-order valence-corrected chi connectivity index (χ0v) is 10.2. The minimum absolute atomic E-state index is 0.00367. The topological polar surface area (TPSA) is 57.6 Å². The maximum Gasteiger partial charge on any atom is 0.326 e. The second-order valence-electron chi connectivity index (χ2n) is 4.09. The quantitative estimate of drug-likeness (QED) is 0.897. The van der Waals surface area contributed by atoms with Crippen molar-refractivity contribution in [2.75, 3.05) is 6.54 Å². The van der Waals surface area contributed by atoms with Crippen molar-refractivity contribution in [1.29, 1.82) is 0 Å². The van der Waals surface area contributed by atoms with Crippen LogP contribution in [0.5, 0.6) is 0 Å². The van der Waals surface area contributed by atoms with Crippen molar-refractivity contribution < 1.29 is 19.1 Å². The molecule has 0 unspecified atom stereocenters. The Labute approximate surface area is 108 Å². The van der Waals surface area contributed by atoms with E-state index in [-0.39, 0.29) is 10.6 Å². The highest BCUT2D eigenvalue weighted by atomic mass is 35.5. The highest BCUT2D eigenvalue weighted by molar-refractivity contribution is 6.33. The van der Waals surface area contributed by atoms with Crippen LogP contribution in [-0.4, -0.2) is 34.5 Å². The number of nitrogens with zero attached hydrogens (tertiary/aromatic N) is 1. The molecule has 0 saturated carbocycles. The molecule has 1 heterocycles. The van der Waals surface area contributed by atoms with E-state index in [1.54, 1.807) is 0 Å². The van der Waals surface area contributed by atoms with Gasteiger partial charge in [-0.3, -0.25) is 4.79 Å². The third-order valence-electron chi connectivity index (χ3n) is 2.98. The molecule has 1 aliphatic rings. The number of carboxylic acid groups (broad SMARTS) is 1. The first-order chi connectivity index (χ1) is 8.52. The van der Waals surface area contributed by atoms with Crippen molar-refractivity contribution in [3.8, 4) is 0 Å². The largest absolute Gasteiger partial charge is 0.480 e. The SMILES string of the molecule is O=C(O)[C@@H]1CCCN1C(=O)c1c(F)cccc1Cl. The number of rotatable bonds is 2. The van der Waals surface area contributed by atoms with Crippen LogP contribution >= 0.6 is 11.6 Å². The summed E-state index contributed by atoms with van der Waals surface area (Å²) in [5.74, 6) is -2.47. The fourth-order valence-electron chi connectivity index (χ4n) is 2.11. The molecule has 4 nitrogen and oxygen atoms in total. The normalized spacial score (nSPS) is 19.0. The first-order valence-electron chi connectivity index (χ1n) is 5.50. The number of amides is 1. The number of carbonyl (C=O) groups excluding carboxylic acids is 1. The van der Waals surface area contributed by atoms with Crippen LogP contribution in [-0.2, 0) is 4.79 Å². The fourth-order valence-corrected chi connectivity index (χ4v) is 2.36. The number of aliphatic carboxylic acids is 1. The maximum atomic E-state index is 13.6. The molecule has 1 aromatic carbocycles. The van der Waals surface area contributed by atoms with Gasteiger partial charge in [-0.2, -0.15) is 0 Å². The lowest BCUT2D eigenvalue weighted by atomic mass is 10.1. The van der Waals surface area contributed by atoms with E-state index in [9.17, 15) is 14.0 Å². The van der Waals surface area contributed by atoms with Crippen molar-refractivity contribution in [3.63, 3.8) is 0 Å². The van der Waals surface area contributed by atoms with E-state index in [2.05, 4.69) is 0 Å². The summed E-state index contributed by atoms with van der Waals surface area (Å²) in [6, 6.07) is 3.04. The predicted molar refractivity (Wildman–Crippen MR) is 63.1 cm³/mol. The smallest absolute Gasteiger partial charge is 0.326 e. The van der Waals surface area contributed by atoms with Gasteiger partial charge in [-0.25, -0.2) is 9.18 Å². The molecule has 18 heavy (non-hydrogen) atoms. The van der Waals surface area contributed by atoms with Crippen molar-refractivity contribution in [1.82, 2.24) is 4.90 Å². The summed E-state index contributed by atoms with van der Waals surface area (Å²) in [7, 11) is 0. The second kappa shape index (κ2) is 4.94. The zero-order chi connectivity index (χ0) is 13.3. The van der Waals surface area contributed by atoms with Crippen molar-refractivity contribution >= 4 is 23.5 Å². The van der Waals surface area contributed by atoms with Gasteiger partial charge in [0.15, 0.2) is 0 Å². The molecular formula is C12H11ClFNO3. The van der Waals surface area contributed by atoms with Gasteiger partial charge >= 0.3 is 5.97 Å². The average Bonchev–Trinajstić information content (AvgIpc) is 2.77. The third-order valence-corrected chi connectivity index (χ3v) is 3.29. The predicted octanol–water partition coefficient (Wildman–Crippen LogP) is 2.17. The van der Waals surface area contributed by atoms with Crippen molar-refractivity contribution in [2.45, 2.75) is 18.9 Å². The standard InChI is InChI=1S/C12H11ClFNO3/c13-7-3-1-4-8(14)10(7)11(16)15-6-2-5-9(15)12(17)18/h1,3-4,9H,2,5-6H2,(H,17,18)/t9-/m0/s1. The molecule has 0 radical (unpaired) electrons. The van der Waals surface area contributed by atoms with Gasteiger partial charge in [-0.05, 0) is 25.0 Å². The minimum Gasteiger partial charge on any atom is -0.480 e. The molecule has 1 amide bonds. The summed E-state index contributed by atoms with van der Waals surface area (Å²) >= 11 is 5.80. The van der Waals surface area contributed by atoms with E-state index in [1.165, 1.54) is 12.1 Å². The molecule has 1 atom stereocenters. The Morgan fingerprint density at radius 2 is 2.17 bits per heavy atom. The van der Waals surface area contributed by atoms with Crippen LogP contribution in [0.1, 0.15) is 23.2 Å². The molecule has 1 aromatic rings. The maximum absolute atomic E-state index is 13.6.